The van der Waals surface area contributed by atoms with Crippen LogP contribution in [0.5, 0.6) is 5.75 Å². The number of carbonyl (C=O) groups is 1. The molecule has 1 unspecified atom stereocenters. The number of piperidine rings is 1. The minimum absolute atomic E-state index is 0.183. The van der Waals surface area contributed by atoms with Gasteiger partial charge in [-0.05, 0) is 68.5 Å². The van der Waals surface area contributed by atoms with Gasteiger partial charge in [-0.3, -0.25) is 18.9 Å². The van der Waals surface area contributed by atoms with E-state index in [4.69, 9.17) is 21.9 Å². The number of methoxy groups -OCH3 is 1. The van der Waals surface area contributed by atoms with Crippen molar-refractivity contribution in [1.82, 2.24) is 14.3 Å². The molecule has 0 saturated carbocycles. The maximum Gasteiger partial charge on any atom is 0.267 e. The standard InChI is InChI=1S/C27H28N4O3S2/c1-17-7-6-14-30-23(17)28-24(29-13-5-4-8-18(29)2)21(25(30)32)15-22-26(33)31(27(35)36-22)16-19-9-11-20(34-3)12-10-19/h6-7,9-12,14-15,18H,4-5,8,13,16H2,1-3H3. The Balaban J connectivity index is 1.56. The summed E-state index contributed by atoms with van der Waals surface area (Å²) in [7, 11) is 1.62. The van der Waals surface area contributed by atoms with Gasteiger partial charge in [0.2, 0.25) is 0 Å². The zero-order valence-electron chi connectivity index (χ0n) is 20.6. The Kier molecular flexibility index (Phi) is 6.85. The highest BCUT2D eigenvalue weighted by molar-refractivity contribution is 8.26. The number of anilines is 1. The highest BCUT2D eigenvalue weighted by Crippen LogP contribution is 2.35. The zero-order chi connectivity index (χ0) is 25.4. The third-order valence-electron chi connectivity index (χ3n) is 6.79. The van der Waals surface area contributed by atoms with Crippen molar-refractivity contribution in [2.75, 3.05) is 18.6 Å². The molecule has 9 heteroatoms. The maximum absolute atomic E-state index is 13.7. The molecule has 1 aromatic carbocycles. The van der Waals surface area contributed by atoms with Crippen LogP contribution in [0.1, 0.15) is 42.9 Å². The van der Waals surface area contributed by atoms with Crippen LogP contribution in [0.2, 0.25) is 0 Å². The summed E-state index contributed by atoms with van der Waals surface area (Å²) < 4.78 is 7.26. The van der Waals surface area contributed by atoms with Gasteiger partial charge in [-0.25, -0.2) is 4.98 Å². The van der Waals surface area contributed by atoms with E-state index in [1.807, 2.05) is 43.3 Å². The van der Waals surface area contributed by atoms with E-state index in [0.717, 1.165) is 42.7 Å². The third-order valence-corrected chi connectivity index (χ3v) is 8.17. The van der Waals surface area contributed by atoms with Gasteiger partial charge in [0.05, 0.1) is 24.1 Å². The number of pyridine rings is 1. The second kappa shape index (κ2) is 10.1. The van der Waals surface area contributed by atoms with Gasteiger partial charge in [-0.15, -0.1) is 0 Å². The van der Waals surface area contributed by atoms with E-state index in [-0.39, 0.29) is 17.5 Å². The van der Waals surface area contributed by atoms with Crippen LogP contribution in [0.25, 0.3) is 11.7 Å². The van der Waals surface area contributed by atoms with Crippen molar-refractivity contribution in [3.63, 3.8) is 0 Å². The Morgan fingerprint density at radius 1 is 1.19 bits per heavy atom. The number of carbonyl (C=O) groups excluding carboxylic acids is 1. The number of rotatable bonds is 5. The SMILES string of the molecule is COc1ccc(CN2C(=O)C(=Cc3c(N4CCCCC4C)nc4c(C)cccn4c3=O)SC2=S)cc1. The fraction of sp³-hybridized carbons (Fsp3) is 0.333. The normalized spacial score (nSPS) is 19.5. The topological polar surface area (TPSA) is 67.2 Å². The molecule has 0 bridgehead atoms. The summed E-state index contributed by atoms with van der Waals surface area (Å²) in [5.74, 6) is 1.19. The molecule has 0 spiro atoms. The molecule has 3 aromatic rings. The second-order valence-electron chi connectivity index (χ2n) is 9.19. The van der Waals surface area contributed by atoms with Crippen molar-refractivity contribution in [3.8, 4) is 5.75 Å². The number of benzene rings is 1. The van der Waals surface area contributed by atoms with Crippen LogP contribution in [0.3, 0.4) is 0 Å². The van der Waals surface area contributed by atoms with E-state index in [0.29, 0.717) is 32.8 Å². The van der Waals surface area contributed by atoms with Crippen LogP contribution in [-0.4, -0.2) is 44.2 Å². The molecule has 5 rings (SSSR count). The number of amides is 1. The maximum atomic E-state index is 13.7. The Hall–Kier alpha value is -3.17. The first kappa shape index (κ1) is 24.5. The molecule has 2 saturated heterocycles. The summed E-state index contributed by atoms with van der Waals surface area (Å²) in [5, 5.41) is 0. The quantitative estimate of drug-likeness (QED) is 0.354. The number of fused-ring (bicyclic) bond motifs is 1. The van der Waals surface area contributed by atoms with Crippen molar-refractivity contribution in [2.45, 2.75) is 45.7 Å². The van der Waals surface area contributed by atoms with Gasteiger partial charge in [-0.2, -0.15) is 0 Å². The van der Waals surface area contributed by atoms with Gasteiger partial charge in [-0.1, -0.05) is 42.2 Å². The predicted octanol–water partition coefficient (Wildman–Crippen LogP) is 4.79. The van der Waals surface area contributed by atoms with E-state index in [1.54, 1.807) is 28.7 Å². The fourth-order valence-corrected chi connectivity index (χ4v) is 5.98. The number of thiocarbonyl (C=S) groups is 1. The van der Waals surface area contributed by atoms with Crippen molar-refractivity contribution >= 4 is 51.7 Å². The summed E-state index contributed by atoms with van der Waals surface area (Å²) in [6, 6.07) is 11.6. The van der Waals surface area contributed by atoms with E-state index in [2.05, 4.69) is 11.8 Å². The summed E-state index contributed by atoms with van der Waals surface area (Å²) in [5.41, 5.74) is 2.75. The van der Waals surface area contributed by atoms with Crippen LogP contribution < -0.4 is 15.2 Å². The van der Waals surface area contributed by atoms with Crippen molar-refractivity contribution in [1.29, 1.82) is 0 Å². The predicted molar refractivity (Wildman–Crippen MR) is 149 cm³/mol. The van der Waals surface area contributed by atoms with Crippen LogP contribution in [0, 0.1) is 6.92 Å². The highest BCUT2D eigenvalue weighted by atomic mass is 32.2. The monoisotopic (exact) mass is 520 g/mol. The third kappa shape index (κ3) is 4.53. The molecule has 2 aromatic heterocycles. The number of ether oxygens (including phenoxy) is 1. The van der Waals surface area contributed by atoms with E-state index < -0.39 is 0 Å². The van der Waals surface area contributed by atoms with Crippen LogP contribution in [0.15, 0.2) is 52.3 Å². The molecule has 4 heterocycles. The largest absolute Gasteiger partial charge is 0.497 e. The Morgan fingerprint density at radius 2 is 1.97 bits per heavy atom. The summed E-state index contributed by atoms with van der Waals surface area (Å²) in [6.45, 7) is 5.30. The van der Waals surface area contributed by atoms with Crippen LogP contribution in [-0.2, 0) is 11.3 Å². The highest BCUT2D eigenvalue weighted by Gasteiger charge is 2.33. The van der Waals surface area contributed by atoms with Gasteiger partial charge in [0.1, 0.15) is 21.5 Å². The zero-order valence-corrected chi connectivity index (χ0v) is 22.2. The number of thioether (sulfide) groups is 1. The lowest BCUT2D eigenvalue weighted by atomic mass is 10.0. The van der Waals surface area contributed by atoms with Crippen molar-refractivity contribution in [3.05, 3.63) is 74.5 Å². The Bertz CT molecular complexity index is 1430. The van der Waals surface area contributed by atoms with Gasteiger partial charge < -0.3 is 9.64 Å². The van der Waals surface area contributed by atoms with Crippen molar-refractivity contribution < 1.29 is 9.53 Å². The van der Waals surface area contributed by atoms with Gasteiger partial charge in [0.15, 0.2) is 0 Å². The van der Waals surface area contributed by atoms with E-state index in [1.165, 1.54) is 11.8 Å². The number of nitrogens with zero attached hydrogens (tertiary/aromatic N) is 4. The Morgan fingerprint density at radius 3 is 2.69 bits per heavy atom. The number of aromatic nitrogens is 2. The van der Waals surface area contributed by atoms with Gasteiger partial charge in [0, 0.05) is 18.8 Å². The first-order valence-corrected chi connectivity index (χ1v) is 13.3. The molecule has 2 aliphatic heterocycles. The molecule has 1 atom stereocenters. The van der Waals surface area contributed by atoms with Gasteiger partial charge in [0.25, 0.3) is 11.5 Å². The molecule has 186 valence electrons. The summed E-state index contributed by atoms with van der Waals surface area (Å²) in [6.07, 6.45) is 6.66. The number of hydrogen-bond donors (Lipinski definition) is 0. The van der Waals surface area contributed by atoms with E-state index in [9.17, 15) is 9.59 Å². The number of aryl methyl sites for hydroxylation is 1. The van der Waals surface area contributed by atoms with Crippen LogP contribution in [0.4, 0.5) is 5.82 Å². The van der Waals surface area contributed by atoms with Crippen LogP contribution >= 0.6 is 24.0 Å². The molecular formula is C27H28N4O3S2. The fourth-order valence-electron chi connectivity index (χ4n) is 4.74. The molecule has 2 fully saturated rings. The first-order chi connectivity index (χ1) is 17.4. The lowest BCUT2D eigenvalue weighted by Crippen LogP contribution is -2.40. The summed E-state index contributed by atoms with van der Waals surface area (Å²) in [4.78, 5) is 36.3. The average molecular weight is 521 g/mol. The molecule has 0 aliphatic carbocycles. The minimum atomic E-state index is -0.202. The second-order valence-corrected chi connectivity index (χ2v) is 10.9. The first-order valence-electron chi connectivity index (χ1n) is 12.0. The van der Waals surface area contributed by atoms with E-state index >= 15 is 0 Å². The molecule has 1 amide bonds. The number of hydrogen-bond acceptors (Lipinski definition) is 7. The molecule has 2 aliphatic rings. The molecule has 36 heavy (non-hydrogen) atoms. The lowest BCUT2D eigenvalue weighted by Gasteiger charge is -2.35. The smallest absolute Gasteiger partial charge is 0.267 e. The van der Waals surface area contributed by atoms with Crippen molar-refractivity contribution in [2.24, 2.45) is 0 Å². The molecular weight excluding hydrogens is 492 g/mol. The average Bonchev–Trinajstić information content (AvgIpc) is 3.14. The Labute approximate surface area is 219 Å². The molecule has 0 radical (unpaired) electrons. The van der Waals surface area contributed by atoms with Gasteiger partial charge >= 0.3 is 0 Å². The lowest BCUT2D eigenvalue weighted by molar-refractivity contribution is -0.122. The molecule has 0 N–H and O–H groups in total. The minimum Gasteiger partial charge on any atom is -0.497 e. The summed E-state index contributed by atoms with van der Waals surface area (Å²) >= 11 is 6.78. The molecule has 7 nitrogen and oxygen atoms in total.